The van der Waals surface area contributed by atoms with Gasteiger partial charge in [-0.05, 0) is 25.5 Å². The van der Waals surface area contributed by atoms with E-state index in [1.807, 2.05) is 30.3 Å². The summed E-state index contributed by atoms with van der Waals surface area (Å²) in [5.41, 5.74) is 0.861. The van der Waals surface area contributed by atoms with E-state index in [1.54, 1.807) is 11.9 Å². The second-order valence-corrected chi connectivity index (χ2v) is 5.18. The summed E-state index contributed by atoms with van der Waals surface area (Å²) >= 11 is 0. The molecule has 1 aromatic carbocycles. The Labute approximate surface area is 123 Å². The standard InChI is InChI=1S/C15H20N2O4/c1-16-12(8-9-13(16)18)14(19)17(2)15(20)21-10-11-6-4-3-5-7-11/h3-7,12-13,18H,8-10H2,1-2H3. The van der Waals surface area contributed by atoms with Crippen LogP contribution in [0.1, 0.15) is 18.4 Å². The molecule has 0 spiro atoms. The number of ether oxygens (including phenoxy) is 1. The summed E-state index contributed by atoms with van der Waals surface area (Å²) in [6, 6.07) is 8.79. The number of imide groups is 1. The van der Waals surface area contributed by atoms with Crippen molar-refractivity contribution in [3.8, 4) is 0 Å². The fourth-order valence-corrected chi connectivity index (χ4v) is 2.35. The Kier molecular flexibility index (Phi) is 4.93. The molecule has 6 heteroatoms. The number of hydrogen-bond acceptors (Lipinski definition) is 5. The molecule has 6 nitrogen and oxygen atoms in total. The van der Waals surface area contributed by atoms with Crippen molar-refractivity contribution in [2.24, 2.45) is 0 Å². The highest BCUT2D eigenvalue weighted by Gasteiger charge is 2.37. The summed E-state index contributed by atoms with van der Waals surface area (Å²) in [6.45, 7) is 0.125. The van der Waals surface area contributed by atoms with Crippen LogP contribution in [0.3, 0.4) is 0 Å². The molecule has 0 saturated carbocycles. The van der Waals surface area contributed by atoms with Crippen molar-refractivity contribution in [2.75, 3.05) is 14.1 Å². The first-order chi connectivity index (χ1) is 10.0. The lowest BCUT2D eigenvalue weighted by Crippen LogP contribution is -2.46. The fourth-order valence-electron chi connectivity index (χ4n) is 2.35. The average molecular weight is 292 g/mol. The van der Waals surface area contributed by atoms with E-state index in [9.17, 15) is 14.7 Å². The van der Waals surface area contributed by atoms with Gasteiger partial charge in [0.2, 0.25) is 5.91 Å². The molecule has 114 valence electrons. The van der Waals surface area contributed by atoms with Gasteiger partial charge in [-0.1, -0.05) is 30.3 Å². The highest BCUT2D eigenvalue weighted by Crippen LogP contribution is 2.21. The van der Waals surface area contributed by atoms with E-state index in [2.05, 4.69) is 0 Å². The van der Waals surface area contributed by atoms with E-state index in [1.165, 1.54) is 7.05 Å². The van der Waals surface area contributed by atoms with Gasteiger partial charge in [0.15, 0.2) is 0 Å². The first-order valence-electron chi connectivity index (χ1n) is 6.89. The molecule has 1 saturated heterocycles. The summed E-state index contributed by atoms with van der Waals surface area (Å²) in [7, 11) is 3.07. The predicted molar refractivity (Wildman–Crippen MR) is 76.2 cm³/mol. The highest BCUT2D eigenvalue weighted by molar-refractivity contribution is 5.94. The molecule has 1 N–H and O–H groups in total. The number of likely N-dealkylation sites (N-methyl/N-ethyl adjacent to an activating group) is 2. The number of amides is 2. The van der Waals surface area contributed by atoms with Gasteiger partial charge in [0, 0.05) is 7.05 Å². The topological polar surface area (TPSA) is 70.1 Å². The Bertz CT molecular complexity index is 506. The molecular formula is C15H20N2O4. The van der Waals surface area contributed by atoms with E-state index in [0.717, 1.165) is 10.5 Å². The molecule has 2 rings (SSSR count). The maximum absolute atomic E-state index is 12.2. The third kappa shape index (κ3) is 3.59. The van der Waals surface area contributed by atoms with Crippen molar-refractivity contribution >= 4 is 12.0 Å². The number of rotatable bonds is 3. The summed E-state index contributed by atoms with van der Waals surface area (Å²) in [5, 5.41) is 9.63. The lowest BCUT2D eigenvalue weighted by atomic mass is 10.2. The Hall–Kier alpha value is -1.92. The van der Waals surface area contributed by atoms with Crippen LogP contribution in [0.5, 0.6) is 0 Å². The molecule has 1 heterocycles. The van der Waals surface area contributed by atoms with Crippen LogP contribution in [0.2, 0.25) is 0 Å². The van der Waals surface area contributed by atoms with Crippen LogP contribution in [0, 0.1) is 0 Å². The molecule has 2 amide bonds. The number of aliphatic hydroxyl groups excluding tert-OH is 1. The number of nitrogens with zero attached hydrogens (tertiary/aromatic N) is 2. The number of carbonyl (C=O) groups is 2. The van der Waals surface area contributed by atoms with Crippen LogP contribution in [0.4, 0.5) is 4.79 Å². The minimum atomic E-state index is -0.682. The second-order valence-electron chi connectivity index (χ2n) is 5.18. The monoisotopic (exact) mass is 292 g/mol. The molecule has 0 bridgehead atoms. The van der Waals surface area contributed by atoms with Gasteiger partial charge >= 0.3 is 6.09 Å². The van der Waals surface area contributed by atoms with E-state index in [0.29, 0.717) is 12.8 Å². The molecule has 21 heavy (non-hydrogen) atoms. The van der Waals surface area contributed by atoms with E-state index in [-0.39, 0.29) is 12.5 Å². The van der Waals surface area contributed by atoms with Crippen LogP contribution in [0.15, 0.2) is 30.3 Å². The van der Waals surface area contributed by atoms with E-state index in [4.69, 9.17) is 4.74 Å². The van der Waals surface area contributed by atoms with E-state index < -0.39 is 18.4 Å². The van der Waals surface area contributed by atoms with Gasteiger partial charge < -0.3 is 9.84 Å². The zero-order valence-electron chi connectivity index (χ0n) is 12.2. The van der Waals surface area contributed by atoms with Crippen molar-refractivity contribution in [1.82, 2.24) is 9.80 Å². The normalized spacial score (nSPS) is 22.0. The maximum Gasteiger partial charge on any atom is 0.416 e. The quantitative estimate of drug-likeness (QED) is 0.906. The number of hydrogen-bond donors (Lipinski definition) is 1. The number of likely N-dealkylation sites (tertiary alicyclic amines) is 1. The van der Waals surface area contributed by atoms with Crippen molar-refractivity contribution in [1.29, 1.82) is 0 Å². The Morgan fingerprint density at radius 2 is 2.00 bits per heavy atom. The Morgan fingerprint density at radius 3 is 2.57 bits per heavy atom. The molecule has 1 aromatic rings. The fraction of sp³-hybridized carbons (Fsp3) is 0.467. The van der Waals surface area contributed by atoms with Crippen LogP contribution in [-0.2, 0) is 16.1 Å². The lowest BCUT2D eigenvalue weighted by molar-refractivity contribution is -0.134. The molecule has 0 aromatic heterocycles. The number of benzene rings is 1. The SMILES string of the molecule is CN(C(=O)OCc1ccccc1)C(=O)C1CCC(O)N1C. The zero-order valence-corrected chi connectivity index (χ0v) is 12.2. The Balaban J connectivity index is 1.88. The van der Waals surface area contributed by atoms with Crippen LogP contribution in [0.25, 0.3) is 0 Å². The third-order valence-electron chi connectivity index (χ3n) is 3.75. The highest BCUT2D eigenvalue weighted by atomic mass is 16.6. The molecule has 0 radical (unpaired) electrons. The first kappa shape index (κ1) is 15.5. The number of aliphatic hydroxyl groups is 1. The molecule has 1 aliphatic rings. The van der Waals surface area contributed by atoms with Gasteiger partial charge in [-0.2, -0.15) is 0 Å². The average Bonchev–Trinajstić information content (AvgIpc) is 2.84. The Morgan fingerprint density at radius 1 is 1.33 bits per heavy atom. The molecule has 1 aliphatic heterocycles. The van der Waals surface area contributed by atoms with Crippen LogP contribution < -0.4 is 0 Å². The minimum Gasteiger partial charge on any atom is -0.444 e. The minimum absolute atomic E-state index is 0.125. The van der Waals surface area contributed by atoms with Gasteiger partial charge in [-0.25, -0.2) is 9.69 Å². The molecular weight excluding hydrogens is 272 g/mol. The van der Waals surface area contributed by atoms with Crippen molar-refractivity contribution < 1.29 is 19.4 Å². The van der Waals surface area contributed by atoms with E-state index >= 15 is 0 Å². The van der Waals surface area contributed by atoms with Crippen molar-refractivity contribution in [3.63, 3.8) is 0 Å². The number of carbonyl (C=O) groups excluding carboxylic acids is 2. The summed E-state index contributed by atoms with van der Waals surface area (Å²) in [6.07, 6.45) is -0.251. The second kappa shape index (κ2) is 6.69. The smallest absolute Gasteiger partial charge is 0.416 e. The van der Waals surface area contributed by atoms with Gasteiger partial charge in [0.1, 0.15) is 12.8 Å². The van der Waals surface area contributed by atoms with Gasteiger partial charge in [0.05, 0.1) is 6.04 Å². The van der Waals surface area contributed by atoms with Crippen LogP contribution >= 0.6 is 0 Å². The zero-order chi connectivity index (χ0) is 15.4. The maximum atomic E-state index is 12.2. The summed E-state index contributed by atoms with van der Waals surface area (Å²) < 4.78 is 5.12. The van der Waals surface area contributed by atoms with Crippen molar-refractivity contribution in [2.45, 2.75) is 31.7 Å². The van der Waals surface area contributed by atoms with Gasteiger partial charge in [0.25, 0.3) is 0 Å². The largest absolute Gasteiger partial charge is 0.444 e. The summed E-state index contributed by atoms with van der Waals surface area (Å²) in [5.74, 6) is -0.355. The molecule has 0 aliphatic carbocycles. The predicted octanol–water partition coefficient (Wildman–Crippen LogP) is 1.19. The van der Waals surface area contributed by atoms with Gasteiger partial charge in [-0.15, -0.1) is 0 Å². The van der Waals surface area contributed by atoms with Gasteiger partial charge in [-0.3, -0.25) is 9.69 Å². The molecule has 2 unspecified atom stereocenters. The molecule has 1 fully saturated rings. The first-order valence-corrected chi connectivity index (χ1v) is 6.89. The third-order valence-corrected chi connectivity index (χ3v) is 3.75. The van der Waals surface area contributed by atoms with Crippen molar-refractivity contribution in [3.05, 3.63) is 35.9 Å². The van der Waals surface area contributed by atoms with Crippen LogP contribution in [-0.4, -0.2) is 53.3 Å². The molecule has 2 atom stereocenters. The summed E-state index contributed by atoms with van der Waals surface area (Å²) in [4.78, 5) is 26.7. The lowest BCUT2D eigenvalue weighted by Gasteiger charge is -2.25.